The number of rotatable bonds is 3. The van der Waals surface area contributed by atoms with Crippen molar-refractivity contribution in [1.29, 1.82) is 0 Å². The highest BCUT2D eigenvalue weighted by molar-refractivity contribution is 5.78. The van der Waals surface area contributed by atoms with E-state index in [9.17, 15) is 26.3 Å². The standard InChI is InChI=1S/C24H24F6N2/c1-31-14-5-9-21(31)18-6-4-15-32(16-18)22(24(28,29)30)12-10-17(11-13-22)19-7-2-3-8-20(19)23(25,26)27/h2-4,6-8,10-12,16,21H,5,9,13-15H2,1H3. The van der Waals surface area contributed by atoms with Gasteiger partial charge >= 0.3 is 12.4 Å². The van der Waals surface area contributed by atoms with Gasteiger partial charge in [-0.3, -0.25) is 4.90 Å². The second kappa shape index (κ2) is 8.14. The van der Waals surface area contributed by atoms with Crippen molar-refractivity contribution >= 4 is 5.57 Å². The van der Waals surface area contributed by atoms with Crippen molar-refractivity contribution in [3.05, 3.63) is 77.5 Å². The van der Waals surface area contributed by atoms with Crippen molar-refractivity contribution in [2.45, 2.75) is 43.2 Å². The van der Waals surface area contributed by atoms with E-state index in [1.807, 2.05) is 13.1 Å². The number of allylic oxidation sites excluding steroid dienone is 2. The van der Waals surface area contributed by atoms with E-state index >= 15 is 0 Å². The van der Waals surface area contributed by atoms with Crippen LogP contribution in [0.1, 0.15) is 30.4 Å². The van der Waals surface area contributed by atoms with Crippen LogP contribution in [-0.4, -0.2) is 47.7 Å². The van der Waals surface area contributed by atoms with Gasteiger partial charge < -0.3 is 4.90 Å². The van der Waals surface area contributed by atoms with E-state index in [1.165, 1.54) is 35.3 Å². The first kappa shape index (κ1) is 22.7. The Morgan fingerprint density at radius 2 is 1.78 bits per heavy atom. The molecule has 172 valence electrons. The van der Waals surface area contributed by atoms with Gasteiger partial charge in [0.05, 0.1) is 5.56 Å². The lowest BCUT2D eigenvalue weighted by Gasteiger charge is -2.45. The third kappa shape index (κ3) is 4.00. The summed E-state index contributed by atoms with van der Waals surface area (Å²) in [4.78, 5) is 3.40. The molecule has 1 aliphatic carbocycles. The fourth-order valence-corrected chi connectivity index (χ4v) is 4.78. The smallest absolute Gasteiger partial charge is 0.356 e. The third-order valence-corrected chi connectivity index (χ3v) is 6.54. The number of likely N-dealkylation sites (N-methyl/N-ethyl adjacent to an activating group) is 1. The quantitative estimate of drug-likeness (QED) is 0.502. The van der Waals surface area contributed by atoms with Crippen molar-refractivity contribution in [1.82, 2.24) is 9.80 Å². The second-order valence-electron chi connectivity index (χ2n) is 8.48. The van der Waals surface area contributed by atoms with Crippen LogP contribution in [0.2, 0.25) is 0 Å². The first-order valence-electron chi connectivity index (χ1n) is 10.5. The average molecular weight is 454 g/mol. The molecule has 0 radical (unpaired) electrons. The largest absolute Gasteiger partial charge is 0.417 e. The van der Waals surface area contributed by atoms with Crippen LogP contribution in [0.5, 0.6) is 0 Å². The SMILES string of the molecule is CN1CCCC1C1=CN(C2(C(F)(F)F)C=CC(c3ccccc3C(F)(F)F)=CC2)CC=C1. The number of likely N-dealkylation sites (tertiary alicyclic amines) is 1. The third-order valence-electron chi connectivity index (χ3n) is 6.54. The number of nitrogens with zero attached hydrogens (tertiary/aromatic N) is 2. The monoisotopic (exact) mass is 454 g/mol. The predicted molar refractivity (Wildman–Crippen MR) is 112 cm³/mol. The molecule has 32 heavy (non-hydrogen) atoms. The van der Waals surface area contributed by atoms with Gasteiger partial charge in [-0.2, -0.15) is 26.3 Å². The van der Waals surface area contributed by atoms with Gasteiger partial charge in [-0.05, 0) is 55.3 Å². The molecule has 0 N–H and O–H groups in total. The molecule has 2 heterocycles. The molecule has 1 aromatic carbocycles. The molecule has 0 aromatic heterocycles. The van der Waals surface area contributed by atoms with Crippen LogP contribution in [0.25, 0.3) is 5.57 Å². The van der Waals surface area contributed by atoms with Crippen LogP contribution in [0.15, 0.2) is 66.4 Å². The Labute approximate surface area is 183 Å². The molecule has 0 amide bonds. The molecule has 1 fully saturated rings. The summed E-state index contributed by atoms with van der Waals surface area (Å²) < 4.78 is 83.4. The van der Waals surface area contributed by atoms with Crippen molar-refractivity contribution < 1.29 is 26.3 Å². The highest BCUT2D eigenvalue weighted by atomic mass is 19.4. The van der Waals surface area contributed by atoms with Crippen LogP contribution >= 0.6 is 0 Å². The fraction of sp³-hybridized carbons (Fsp3) is 0.417. The van der Waals surface area contributed by atoms with Crippen molar-refractivity contribution in [2.24, 2.45) is 0 Å². The molecule has 2 unspecified atom stereocenters. The maximum atomic E-state index is 14.4. The summed E-state index contributed by atoms with van der Waals surface area (Å²) in [5.41, 5.74) is -2.32. The Balaban J connectivity index is 1.68. The van der Waals surface area contributed by atoms with Crippen LogP contribution < -0.4 is 0 Å². The molecular formula is C24H24F6N2. The zero-order valence-corrected chi connectivity index (χ0v) is 17.5. The van der Waals surface area contributed by atoms with Crippen molar-refractivity contribution in [3.63, 3.8) is 0 Å². The number of hydrogen-bond donors (Lipinski definition) is 0. The topological polar surface area (TPSA) is 6.48 Å². The molecule has 1 saturated heterocycles. The van der Waals surface area contributed by atoms with Crippen LogP contribution in [-0.2, 0) is 6.18 Å². The summed E-state index contributed by atoms with van der Waals surface area (Å²) in [6.07, 6.45) is 0.841. The highest BCUT2D eigenvalue weighted by Crippen LogP contribution is 2.46. The molecule has 0 saturated carbocycles. The molecule has 0 spiro atoms. The molecule has 0 bridgehead atoms. The molecule has 2 nitrogen and oxygen atoms in total. The molecule has 4 rings (SSSR count). The molecule has 3 aliphatic rings. The lowest BCUT2D eigenvalue weighted by atomic mass is 9.83. The number of benzene rings is 1. The number of halogens is 6. The van der Waals surface area contributed by atoms with E-state index in [1.54, 1.807) is 12.3 Å². The number of alkyl halides is 6. The summed E-state index contributed by atoms with van der Waals surface area (Å²) in [5, 5.41) is 0. The van der Waals surface area contributed by atoms with Gasteiger partial charge in [0.15, 0.2) is 5.54 Å². The zero-order chi connectivity index (χ0) is 23.1. The van der Waals surface area contributed by atoms with Crippen LogP contribution in [0.3, 0.4) is 0 Å². The summed E-state index contributed by atoms with van der Waals surface area (Å²) in [6, 6.07) is 5.02. The number of hydrogen-bond acceptors (Lipinski definition) is 2. The van der Waals surface area contributed by atoms with E-state index in [2.05, 4.69) is 4.90 Å². The normalized spacial score (nSPS) is 27.0. The van der Waals surface area contributed by atoms with E-state index in [0.717, 1.165) is 37.1 Å². The Bertz CT molecular complexity index is 985. The summed E-state index contributed by atoms with van der Waals surface area (Å²) >= 11 is 0. The van der Waals surface area contributed by atoms with Crippen LogP contribution in [0.4, 0.5) is 26.3 Å². The molecule has 2 atom stereocenters. The van der Waals surface area contributed by atoms with E-state index < -0.39 is 29.9 Å². The van der Waals surface area contributed by atoms with Gasteiger partial charge in [-0.1, -0.05) is 42.5 Å². The predicted octanol–water partition coefficient (Wildman–Crippen LogP) is 6.20. The van der Waals surface area contributed by atoms with Gasteiger partial charge in [0.1, 0.15) is 0 Å². The maximum absolute atomic E-state index is 14.4. The zero-order valence-electron chi connectivity index (χ0n) is 17.5. The summed E-state index contributed by atoms with van der Waals surface area (Å²) in [6.45, 7) is 0.969. The second-order valence-corrected chi connectivity index (χ2v) is 8.48. The minimum Gasteiger partial charge on any atom is -0.356 e. The summed E-state index contributed by atoms with van der Waals surface area (Å²) in [7, 11) is 1.96. The molecular weight excluding hydrogens is 430 g/mol. The van der Waals surface area contributed by atoms with Gasteiger partial charge in [0.25, 0.3) is 0 Å². The molecule has 1 aromatic rings. The van der Waals surface area contributed by atoms with E-state index in [0.29, 0.717) is 0 Å². The average Bonchev–Trinajstić information content (AvgIpc) is 3.18. The van der Waals surface area contributed by atoms with E-state index in [-0.39, 0.29) is 23.7 Å². The minimum absolute atomic E-state index is 0.0664. The highest BCUT2D eigenvalue weighted by Gasteiger charge is 2.56. The Kier molecular flexibility index (Phi) is 5.77. The van der Waals surface area contributed by atoms with Crippen molar-refractivity contribution in [3.8, 4) is 0 Å². The maximum Gasteiger partial charge on any atom is 0.417 e. The van der Waals surface area contributed by atoms with Crippen LogP contribution in [0, 0.1) is 0 Å². The lowest BCUT2D eigenvalue weighted by Crippen LogP contribution is -2.56. The van der Waals surface area contributed by atoms with Gasteiger partial charge in [0.2, 0.25) is 0 Å². The molecule has 2 aliphatic heterocycles. The van der Waals surface area contributed by atoms with E-state index in [4.69, 9.17) is 0 Å². The first-order chi connectivity index (χ1) is 15.0. The van der Waals surface area contributed by atoms with Crippen molar-refractivity contribution in [2.75, 3.05) is 20.1 Å². The van der Waals surface area contributed by atoms with Gasteiger partial charge in [-0.15, -0.1) is 0 Å². The Morgan fingerprint density at radius 1 is 1.03 bits per heavy atom. The lowest BCUT2D eigenvalue weighted by molar-refractivity contribution is -0.205. The Hall–Kier alpha value is -2.48. The first-order valence-corrected chi connectivity index (χ1v) is 10.5. The fourth-order valence-electron chi connectivity index (χ4n) is 4.78. The minimum atomic E-state index is -4.61. The molecule has 8 heteroatoms. The Morgan fingerprint density at radius 3 is 2.38 bits per heavy atom. The van der Waals surface area contributed by atoms with Gasteiger partial charge in [-0.25, -0.2) is 0 Å². The summed E-state index contributed by atoms with van der Waals surface area (Å²) in [5.74, 6) is 0. The van der Waals surface area contributed by atoms with Gasteiger partial charge in [0, 0.05) is 25.2 Å².